The van der Waals surface area contributed by atoms with Crippen LogP contribution >= 0.6 is 0 Å². The zero-order valence-corrected chi connectivity index (χ0v) is 21.6. The third kappa shape index (κ3) is 11.4. The highest BCUT2D eigenvalue weighted by atomic mass is 28.4. The van der Waals surface area contributed by atoms with Crippen molar-refractivity contribution in [2.75, 3.05) is 6.61 Å². The molecule has 0 amide bonds. The fourth-order valence-electron chi connectivity index (χ4n) is 5.04. The maximum Gasteiger partial charge on any atom is 0.200 e. The molecule has 0 spiro atoms. The molecule has 0 unspecified atom stereocenters. The molecule has 0 aliphatic heterocycles. The molecule has 170 valence electrons. The van der Waals surface area contributed by atoms with Gasteiger partial charge in [0.05, 0.1) is 12.7 Å². The van der Waals surface area contributed by atoms with Gasteiger partial charge in [-0.3, -0.25) is 0 Å². The maximum absolute atomic E-state index is 10.4. The lowest BCUT2D eigenvalue weighted by atomic mass is 10.0. The molecule has 0 rings (SSSR count). The van der Waals surface area contributed by atoms with Gasteiger partial charge < -0.3 is 9.53 Å². The Kier molecular flexibility index (Phi) is 17.0. The highest BCUT2D eigenvalue weighted by Crippen LogP contribution is 2.42. The Morgan fingerprint density at radius 1 is 0.607 bits per heavy atom. The smallest absolute Gasteiger partial charge is 0.200 e. The van der Waals surface area contributed by atoms with Gasteiger partial charge in [0.1, 0.15) is 0 Å². The summed E-state index contributed by atoms with van der Waals surface area (Å²) in [6, 6.07) is 0. The molecule has 3 heteroatoms. The molecule has 0 aliphatic rings. The van der Waals surface area contributed by atoms with Crippen molar-refractivity contribution in [2.24, 2.45) is 0 Å². The van der Waals surface area contributed by atoms with Gasteiger partial charge in [-0.05, 0) is 23.0 Å². The van der Waals surface area contributed by atoms with E-state index in [9.17, 15) is 5.11 Å². The van der Waals surface area contributed by atoms with E-state index in [1.54, 1.807) is 0 Å². The molecule has 1 atom stereocenters. The molecule has 0 saturated carbocycles. The van der Waals surface area contributed by atoms with Crippen molar-refractivity contribution >= 4 is 8.32 Å². The lowest BCUT2D eigenvalue weighted by Crippen LogP contribution is -2.49. The molecule has 0 aromatic rings. The predicted octanol–water partition coefficient (Wildman–Crippen LogP) is 8.63. The highest BCUT2D eigenvalue weighted by Gasteiger charge is 2.45. The average molecular weight is 415 g/mol. The largest absolute Gasteiger partial charge is 0.413 e. The minimum Gasteiger partial charge on any atom is -0.413 e. The van der Waals surface area contributed by atoms with Gasteiger partial charge in [-0.2, -0.15) is 0 Å². The summed E-state index contributed by atoms with van der Waals surface area (Å²) in [7, 11) is -1.83. The van der Waals surface area contributed by atoms with Crippen molar-refractivity contribution < 1.29 is 9.53 Å². The molecular weight excluding hydrogens is 360 g/mol. The van der Waals surface area contributed by atoms with E-state index in [2.05, 4.69) is 48.5 Å². The summed E-state index contributed by atoms with van der Waals surface area (Å²) in [5.41, 5.74) is 1.77. The van der Waals surface area contributed by atoms with E-state index in [1.165, 1.54) is 70.6 Å². The fourth-order valence-corrected chi connectivity index (χ4v) is 10.5. The van der Waals surface area contributed by atoms with Gasteiger partial charge in [0.15, 0.2) is 8.32 Å². The van der Waals surface area contributed by atoms with Crippen molar-refractivity contribution in [1.29, 1.82) is 0 Å². The molecule has 0 bridgehead atoms. The number of hydrogen-bond donors (Lipinski definition) is 1. The van der Waals surface area contributed by atoms with Crippen LogP contribution in [0.3, 0.4) is 0 Å². The van der Waals surface area contributed by atoms with Crippen LogP contribution in [-0.4, -0.2) is 26.1 Å². The third-order valence-electron chi connectivity index (χ3n) is 6.62. The topological polar surface area (TPSA) is 29.5 Å². The SMILES string of the molecule is CCCCCCCCCCCCCC[C@H](O)CO[Si](C(C)C)(C(C)C)C(C)C. The molecule has 1 N–H and O–H groups in total. The van der Waals surface area contributed by atoms with Crippen LogP contribution in [0.2, 0.25) is 16.6 Å². The summed E-state index contributed by atoms with van der Waals surface area (Å²) in [4.78, 5) is 0. The number of aliphatic hydroxyl groups excluding tert-OH is 1. The number of aliphatic hydroxyl groups is 1. The maximum atomic E-state index is 10.4. The summed E-state index contributed by atoms with van der Waals surface area (Å²) in [5.74, 6) is 0. The van der Waals surface area contributed by atoms with Crippen LogP contribution in [0.15, 0.2) is 0 Å². The van der Waals surface area contributed by atoms with E-state index >= 15 is 0 Å². The van der Waals surface area contributed by atoms with Crippen molar-refractivity contribution in [2.45, 2.75) is 155 Å². The molecule has 0 radical (unpaired) electrons. The second-order valence-electron chi connectivity index (χ2n) is 9.96. The Morgan fingerprint density at radius 2 is 0.964 bits per heavy atom. The molecule has 28 heavy (non-hydrogen) atoms. The minimum atomic E-state index is -1.83. The molecule has 0 heterocycles. The average Bonchev–Trinajstić information content (AvgIpc) is 2.62. The first-order valence-corrected chi connectivity index (χ1v) is 14.7. The lowest BCUT2D eigenvalue weighted by Gasteiger charge is -2.42. The molecule has 2 nitrogen and oxygen atoms in total. The number of rotatable bonds is 19. The van der Waals surface area contributed by atoms with Gasteiger partial charge in [-0.25, -0.2) is 0 Å². The van der Waals surface area contributed by atoms with Crippen LogP contribution in [0, 0.1) is 0 Å². The van der Waals surface area contributed by atoms with Gasteiger partial charge in [0, 0.05) is 0 Å². The van der Waals surface area contributed by atoms with Crippen molar-refractivity contribution in [1.82, 2.24) is 0 Å². The molecule has 0 aromatic heterocycles. The monoisotopic (exact) mass is 414 g/mol. The normalized spacial score (nSPS) is 13.8. The number of hydrogen-bond acceptors (Lipinski definition) is 2. The Labute approximate surface area is 179 Å². The van der Waals surface area contributed by atoms with Crippen molar-refractivity contribution in [3.8, 4) is 0 Å². The summed E-state index contributed by atoms with van der Waals surface area (Å²) >= 11 is 0. The first-order valence-electron chi connectivity index (χ1n) is 12.6. The number of unbranched alkanes of at least 4 members (excludes halogenated alkanes) is 11. The van der Waals surface area contributed by atoms with Crippen LogP contribution in [-0.2, 0) is 4.43 Å². The van der Waals surface area contributed by atoms with Crippen LogP contribution in [0.5, 0.6) is 0 Å². The fraction of sp³-hybridized carbons (Fsp3) is 1.00. The first-order chi connectivity index (χ1) is 13.3. The van der Waals surface area contributed by atoms with Crippen LogP contribution in [0.25, 0.3) is 0 Å². The van der Waals surface area contributed by atoms with E-state index in [0.717, 1.165) is 12.8 Å². The molecule has 0 aliphatic carbocycles. The van der Waals surface area contributed by atoms with E-state index in [0.29, 0.717) is 23.2 Å². The third-order valence-corrected chi connectivity index (χ3v) is 12.7. The predicted molar refractivity (Wildman–Crippen MR) is 129 cm³/mol. The summed E-state index contributed by atoms with van der Waals surface area (Å²) in [6.07, 6.45) is 17.0. The molecule has 0 fully saturated rings. The van der Waals surface area contributed by atoms with Crippen molar-refractivity contribution in [3.05, 3.63) is 0 Å². The molecular formula is C25H54O2Si. The first kappa shape index (κ1) is 28.1. The molecule has 0 aromatic carbocycles. The summed E-state index contributed by atoms with van der Waals surface area (Å²) in [5, 5.41) is 10.4. The lowest BCUT2D eigenvalue weighted by molar-refractivity contribution is 0.0883. The second kappa shape index (κ2) is 16.9. The standard InChI is InChI=1S/C25H54O2Si/c1-8-9-10-11-12-13-14-15-16-17-18-19-20-25(26)21-27-28(22(2)3,23(4)5)24(6)7/h22-26H,8-21H2,1-7H3/t25-/m0/s1. The summed E-state index contributed by atoms with van der Waals surface area (Å²) in [6.45, 7) is 16.7. The molecule has 0 saturated heterocycles. The van der Waals surface area contributed by atoms with E-state index in [4.69, 9.17) is 4.43 Å². The minimum absolute atomic E-state index is 0.286. The zero-order valence-electron chi connectivity index (χ0n) is 20.6. The zero-order chi connectivity index (χ0) is 21.4. The van der Waals surface area contributed by atoms with Gasteiger partial charge in [0.2, 0.25) is 0 Å². The van der Waals surface area contributed by atoms with Gasteiger partial charge in [0.25, 0.3) is 0 Å². The Balaban J connectivity index is 3.78. The van der Waals surface area contributed by atoms with Gasteiger partial charge in [-0.15, -0.1) is 0 Å². The van der Waals surface area contributed by atoms with E-state index in [1.807, 2.05) is 0 Å². The van der Waals surface area contributed by atoms with Crippen molar-refractivity contribution in [3.63, 3.8) is 0 Å². The van der Waals surface area contributed by atoms with Gasteiger partial charge in [-0.1, -0.05) is 126 Å². The second-order valence-corrected chi connectivity index (χ2v) is 15.4. The highest BCUT2D eigenvalue weighted by molar-refractivity contribution is 6.77. The Hall–Kier alpha value is 0.137. The van der Waals surface area contributed by atoms with E-state index in [-0.39, 0.29) is 6.10 Å². The van der Waals surface area contributed by atoms with Gasteiger partial charge >= 0.3 is 0 Å². The van der Waals surface area contributed by atoms with Crippen LogP contribution in [0.4, 0.5) is 0 Å². The van der Waals surface area contributed by atoms with E-state index < -0.39 is 8.32 Å². The van der Waals surface area contributed by atoms with Crippen LogP contribution < -0.4 is 0 Å². The quantitative estimate of drug-likeness (QED) is 0.169. The Morgan fingerprint density at radius 3 is 1.32 bits per heavy atom. The van der Waals surface area contributed by atoms with Crippen LogP contribution in [0.1, 0.15) is 132 Å². The Bertz CT molecular complexity index is 320. The summed E-state index contributed by atoms with van der Waals surface area (Å²) < 4.78 is 6.52.